The number of nitrogens with zero attached hydrogens (tertiary/aromatic N) is 1. The van der Waals surface area contributed by atoms with E-state index >= 15 is 0 Å². The zero-order chi connectivity index (χ0) is 13.0. The fraction of sp³-hybridized carbons (Fsp3) is 0.625. The van der Waals surface area contributed by atoms with E-state index in [0.29, 0.717) is 0 Å². The molecule has 1 aliphatic carbocycles. The van der Waals surface area contributed by atoms with E-state index in [2.05, 4.69) is 43.0 Å². The van der Waals surface area contributed by atoms with Crippen molar-refractivity contribution in [2.45, 2.75) is 51.1 Å². The molecule has 1 aliphatic rings. The van der Waals surface area contributed by atoms with Gasteiger partial charge in [0, 0.05) is 12.6 Å². The van der Waals surface area contributed by atoms with Gasteiger partial charge in [-0.25, -0.2) is 0 Å². The lowest BCUT2D eigenvalue weighted by Gasteiger charge is -2.36. The van der Waals surface area contributed by atoms with Gasteiger partial charge in [0.2, 0.25) is 0 Å². The number of hydrogen-bond donors (Lipinski definition) is 1. The van der Waals surface area contributed by atoms with Crippen molar-refractivity contribution in [3.63, 3.8) is 0 Å². The Morgan fingerprint density at radius 3 is 2.39 bits per heavy atom. The summed E-state index contributed by atoms with van der Waals surface area (Å²) in [7, 11) is 0. The van der Waals surface area contributed by atoms with E-state index in [1.807, 2.05) is 6.07 Å². The Balaban J connectivity index is 2.05. The summed E-state index contributed by atoms with van der Waals surface area (Å²) in [6.07, 6.45) is 5.46. The fourth-order valence-corrected chi connectivity index (χ4v) is 3.10. The van der Waals surface area contributed by atoms with Crippen molar-refractivity contribution in [3.05, 3.63) is 35.9 Å². The molecule has 2 N–H and O–H groups in total. The predicted molar refractivity (Wildman–Crippen MR) is 77.5 cm³/mol. The molecule has 1 aromatic rings. The van der Waals surface area contributed by atoms with Gasteiger partial charge >= 0.3 is 0 Å². The van der Waals surface area contributed by atoms with E-state index in [4.69, 9.17) is 5.73 Å². The molecule has 2 heteroatoms. The van der Waals surface area contributed by atoms with Crippen LogP contribution in [-0.2, 0) is 5.54 Å². The summed E-state index contributed by atoms with van der Waals surface area (Å²) in [5, 5.41) is 0. The Labute approximate surface area is 111 Å². The first kappa shape index (κ1) is 13.6. The first-order valence-corrected chi connectivity index (χ1v) is 7.22. The Bertz CT molecular complexity index is 353. The summed E-state index contributed by atoms with van der Waals surface area (Å²) in [6, 6.07) is 11.2. The molecule has 0 aromatic heterocycles. The van der Waals surface area contributed by atoms with Gasteiger partial charge in [0.25, 0.3) is 0 Å². The van der Waals surface area contributed by atoms with E-state index in [1.165, 1.54) is 31.2 Å². The zero-order valence-corrected chi connectivity index (χ0v) is 11.7. The highest BCUT2D eigenvalue weighted by atomic mass is 15.2. The molecule has 0 radical (unpaired) electrons. The van der Waals surface area contributed by atoms with Gasteiger partial charge in [-0.1, -0.05) is 50.1 Å². The second-order valence-corrected chi connectivity index (χ2v) is 5.78. The standard InChI is InChI=1S/C16H26N2/c1-3-18(15-11-7-8-12-15)13-16(2,17)14-9-5-4-6-10-14/h4-6,9-10,15H,3,7-8,11-13,17H2,1-2H3. The van der Waals surface area contributed by atoms with Gasteiger partial charge in [-0.2, -0.15) is 0 Å². The van der Waals surface area contributed by atoms with Crippen LogP contribution in [0.2, 0.25) is 0 Å². The molecule has 2 rings (SSSR count). The number of rotatable bonds is 5. The van der Waals surface area contributed by atoms with Crippen LogP contribution < -0.4 is 5.73 Å². The monoisotopic (exact) mass is 246 g/mol. The molecule has 1 atom stereocenters. The van der Waals surface area contributed by atoms with E-state index < -0.39 is 0 Å². The molecule has 100 valence electrons. The molecule has 1 unspecified atom stereocenters. The summed E-state index contributed by atoms with van der Waals surface area (Å²) in [4.78, 5) is 2.57. The normalized spacial score (nSPS) is 20.2. The number of hydrogen-bond acceptors (Lipinski definition) is 2. The maximum absolute atomic E-state index is 6.54. The highest BCUT2D eigenvalue weighted by Crippen LogP contribution is 2.26. The van der Waals surface area contributed by atoms with E-state index in [0.717, 1.165) is 19.1 Å². The zero-order valence-electron chi connectivity index (χ0n) is 11.7. The fourth-order valence-electron chi connectivity index (χ4n) is 3.10. The van der Waals surface area contributed by atoms with Gasteiger partial charge in [-0.05, 0) is 31.9 Å². The van der Waals surface area contributed by atoms with Crippen LogP contribution in [0.15, 0.2) is 30.3 Å². The van der Waals surface area contributed by atoms with Crippen LogP contribution in [0.1, 0.15) is 45.1 Å². The summed E-state index contributed by atoms with van der Waals surface area (Å²) < 4.78 is 0. The van der Waals surface area contributed by atoms with Crippen LogP contribution >= 0.6 is 0 Å². The largest absolute Gasteiger partial charge is 0.321 e. The molecule has 1 fully saturated rings. The second kappa shape index (κ2) is 5.85. The molecule has 1 saturated carbocycles. The maximum atomic E-state index is 6.54. The highest BCUT2D eigenvalue weighted by Gasteiger charge is 2.28. The third-order valence-corrected chi connectivity index (χ3v) is 4.21. The smallest absolute Gasteiger partial charge is 0.0510 e. The van der Waals surface area contributed by atoms with Gasteiger partial charge in [0.15, 0.2) is 0 Å². The first-order valence-electron chi connectivity index (χ1n) is 7.22. The van der Waals surface area contributed by atoms with Crippen molar-refractivity contribution in [1.29, 1.82) is 0 Å². The van der Waals surface area contributed by atoms with Gasteiger partial charge in [-0.3, -0.25) is 4.90 Å². The van der Waals surface area contributed by atoms with Crippen molar-refractivity contribution in [3.8, 4) is 0 Å². The Morgan fingerprint density at radius 1 is 1.22 bits per heavy atom. The lowest BCUT2D eigenvalue weighted by atomic mass is 9.92. The minimum atomic E-state index is -0.250. The average molecular weight is 246 g/mol. The Kier molecular flexibility index (Phi) is 4.41. The minimum absolute atomic E-state index is 0.250. The average Bonchev–Trinajstić information content (AvgIpc) is 2.91. The molecule has 0 aliphatic heterocycles. The van der Waals surface area contributed by atoms with Crippen LogP contribution in [0.4, 0.5) is 0 Å². The SMILES string of the molecule is CCN(CC(C)(N)c1ccccc1)C1CCCC1. The lowest BCUT2D eigenvalue weighted by Crippen LogP contribution is -2.48. The van der Waals surface area contributed by atoms with Crippen LogP contribution in [-0.4, -0.2) is 24.0 Å². The van der Waals surface area contributed by atoms with E-state index in [9.17, 15) is 0 Å². The minimum Gasteiger partial charge on any atom is -0.321 e. The van der Waals surface area contributed by atoms with Gasteiger partial charge in [-0.15, -0.1) is 0 Å². The van der Waals surface area contributed by atoms with Crippen molar-refractivity contribution < 1.29 is 0 Å². The van der Waals surface area contributed by atoms with Crippen LogP contribution in [0.25, 0.3) is 0 Å². The molecule has 0 saturated heterocycles. The highest BCUT2D eigenvalue weighted by molar-refractivity contribution is 5.23. The third-order valence-electron chi connectivity index (χ3n) is 4.21. The van der Waals surface area contributed by atoms with Gasteiger partial charge in [0.05, 0.1) is 5.54 Å². The lowest BCUT2D eigenvalue weighted by molar-refractivity contribution is 0.167. The van der Waals surface area contributed by atoms with E-state index in [-0.39, 0.29) is 5.54 Å². The summed E-state index contributed by atoms with van der Waals surface area (Å²) in [5.41, 5.74) is 7.53. The van der Waals surface area contributed by atoms with Crippen LogP contribution in [0.3, 0.4) is 0 Å². The number of nitrogens with two attached hydrogens (primary N) is 1. The van der Waals surface area contributed by atoms with Gasteiger partial charge in [0.1, 0.15) is 0 Å². The van der Waals surface area contributed by atoms with Crippen molar-refractivity contribution in [1.82, 2.24) is 4.90 Å². The Hall–Kier alpha value is -0.860. The predicted octanol–water partition coefficient (Wildman–Crippen LogP) is 3.13. The molecule has 1 aromatic carbocycles. The quantitative estimate of drug-likeness (QED) is 0.865. The van der Waals surface area contributed by atoms with Crippen LogP contribution in [0, 0.1) is 0 Å². The molecular formula is C16H26N2. The molecule has 0 heterocycles. The van der Waals surface area contributed by atoms with E-state index in [1.54, 1.807) is 0 Å². The number of likely N-dealkylation sites (N-methyl/N-ethyl adjacent to an activating group) is 1. The molecule has 0 spiro atoms. The topological polar surface area (TPSA) is 29.3 Å². The van der Waals surface area contributed by atoms with Crippen molar-refractivity contribution >= 4 is 0 Å². The molecular weight excluding hydrogens is 220 g/mol. The van der Waals surface area contributed by atoms with Crippen LogP contribution in [0.5, 0.6) is 0 Å². The Morgan fingerprint density at radius 2 is 1.83 bits per heavy atom. The first-order chi connectivity index (χ1) is 8.63. The molecule has 2 nitrogen and oxygen atoms in total. The van der Waals surface area contributed by atoms with Crippen molar-refractivity contribution in [2.75, 3.05) is 13.1 Å². The molecule has 0 bridgehead atoms. The van der Waals surface area contributed by atoms with Gasteiger partial charge < -0.3 is 5.73 Å². The van der Waals surface area contributed by atoms with Crippen molar-refractivity contribution in [2.24, 2.45) is 5.73 Å². The molecule has 18 heavy (non-hydrogen) atoms. The third kappa shape index (κ3) is 3.12. The number of benzene rings is 1. The summed E-state index contributed by atoms with van der Waals surface area (Å²) in [5.74, 6) is 0. The second-order valence-electron chi connectivity index (χ2n) is 5.78. The molecule has 0 amide bonds. The summed E-state index contributed by atoms with van der Waals surface area (Å²) >= 11 is 0. The maximum Gasteiger partial charge on any atom is 0.0510 e. The summed E-state index contributed by atoms with van der Waals surface area (Å²) in [6.45, 7) is 6.46.